The van der Waals surface area contributed by atoms with Crippen molar-refractivity contribution in [1.82, 2.24) is 5.32 Å². The Kier molecular flexibility index (Phi) is 13.7. The number of carboxylic acid groups (broad SMARTS) is 1. The molecule has 2 unspecified atom stereocenters. The summed E-state index contributed by atoms with van der Waals surface area (Å²) in [6.45, 7) is 8.70. The van der Waals surface area contributed by atoms with Gasteiger partial charge in [-0.25, -0.2) is 14.4 Å². The third-order valence-electron chi connectivity index (χ3n) is 4.60. The first-order valence-corrected chi connectivity index (χ1v) is 11.7. The number of nitrogens with one attached hydrogen (secondary N) is 1. The molecule has 3 atom stereocenters. The molecule has 0 radical (unpaired) electrons. The second-order valence-corrected chi connectivity index (χ2v) is 7.75. The number of carboxylic acids is 1. The lowest BCUT2D eigenvalue weighted by Gasteiger charge is -2.20. The quantitative estimate of drug-likeness (QED) is 0.209. The standard InChI is InChI=1S/C24H35NO11/c1-6-9-15(4)33-24(30)34-16(5)14-25-18(21(26)27)12-17-10-11-19(35-22(28)31-7-2)20(13-17)36-23(29)32-8-3/h10-11,13,15-16,18,25H,6-9,12,14H2,1-5H3,(H,26,27)/t15?,16?,18-/m0/s1. The van der Waals surface area contributed by atoms with Crippen molar-refractivity contribution < 1.29 is 52.7 Å². The lowest BCUT2D eigenvalue weighted by molar-refractivity contribution is -0.139. The molecule has 2 N–H and O–H groups in total. The van der Waals surface area contributed by atoms with E-state index in [0.29, 0.717) is 12.0 Å². The Labute approximate surface area is 210 Å². The van der Waals surface area contributed by atoms with Gasteiger partial charge in [0.25, 0.3) is 0 Å². The Hall–Kier alpha value is -3.54. The van der Waals surface area contributed by atoms with Crippen LogP contribution in [0.1, 0.15) is 53.0 Å². The minimum atomic E-state index is -1.15. The zero-order valence-electron chi connectivity index (χ0n) is 21.2. The fourth-order valence-electron chi connectivity index (χ4n) is 2.97. The van der Waals surface area contributed by atoms with Crippen molar-refractivity contribution in [3.8, 4) is 11.5 Å². The number of carbonyl (C=O) groups is 4. The van der Waals surface area contributed by atoms with Gasteiger partial charge in [0, 0.05) is 6.54 Å². The van der Waals surface area contributed by atoms with Crippen molar-refractivity contribution in [2.45, 2.75) is 72.1 Å². The average Bonchev–Trinajstić information content (AvgIpc) is 2.78. The van der Waals surface area contributed by atoms with Crippen molar-refractivity contribution in [1.29, 1.82) is 0 Å². The maximum absolute atomic E-state index is 11.8. The molecule has 0 fully saturated rings. The van der Waals surface area contributed by atoms with Gasteiger partial charge < -0.3 is 38.8 Å². The lowest BCUT2D eigenvalue weighted by Crippen LogP contribution is -2.42. The molecule has 1 rings (SSSR count). The predicted octanol–water partition coefficient (Wildman–Crippen LogP) is 4.07. The van der Waals surface area contributed by atoms with Crippen molar-refractivity contribution in [2.75, 3.05) is 19.8 Å². The molecular formula is C24H35NO11. The molecule has 0 saturated carbocycles. The number of ether oxygens (including phenoxy) is 6. The zero-order chi connectivity index (χ0) is 27.1. The molecule has 0 saturated heterocycles. The molecule has 0 spiro atoms. The molecule has 0 amide bonds. The first-order valence-electron chi connectivity index (χ1n) is 11.7. The van der Waals surface area contributed by atoms with E-state index in [1.807, 2.05) is 6.92 Å². The molecule has 202 valence electrons. The topological polar surface area (TPSA) is 156 Å². The molecule has 0 aromatic heterocycles. The summed E-state index contributed by atoms with van der Waals surface area (Å²) in [5.74, 6) is -1.41. The van der Waals surface area contributed by atoms with Crippen LogP contribution in [0.25, 0.3) is 0 Å². The summed E-state index contributed by atoms with van der Waals surface area (Å²) in [6.07, 6.45) is -2.26. The normalized spacial score (nSPS) is 13.0. The van der Waals surface area contributed by atoms with Crippen LogP contribution in [0.4, 0.5) is 14.4 Å². The highest BCUT2D eigenvalue weighted by Crippen LogP contribution is 2.30. The third kappa shape index (κ3) is 11.7. The molecule has 0 aliphatic rings. The van der Waals surface area contributed by atoms with Crippen molar-refractivity contribution >= 4 is 24.4 Å². The maximum Gasteiger partial charge on any atom is 0.513 e. The van der Waals surface area contributed by atoms with Gasteiger partial charge in [0.05, 0.1) is 13.2 Å². The van der Waals surface area contributed by atoms with E-state index in [1.165, 1.54) is 18.2 Å². The van der Waals surface area contributed by atoms with Crippen LogP contribution in [0.15, 0.2) is 18.2 Å². The van der Waals surface area contributed by atoms with Crippen molar-refractivity contribution in [2.24, 2.45) is 0 Å². The summed E-state index contributed by atoms with van der Waals surface area (Å²) in [4.78, 5) is 47.2. The van der Waals surface area contributed by atoms with Crippen LogP contribution in [0, 0.1) is 0 Å². The number of hydrogen-bond acceptors (Lipinski definition) is 11. The molecule has 0 aliphatic heterocycles. The summed E-state index contributed by atoms with van der Waals surface area (Å²) in [7, 11) is 0. The van der Waals surface area contributed by atoms with Crippen LogP contribution in [0.5, 0.6) is 11.5 Å². The van der Waals surface area contributed by atoms with Crippen LogP contribution in [0.2, 0.25) is 0 Å². The van der Waals surface area contributed by atoms with E-state index in [1.54, 1.807) is 27.7 Å². The summed E-state index contributed by atoms with van der Waals surface area (Å²) >= 11 is 0. The highest BCUT2D eigenvalue weighted by atomic mass is 16.7. The van der Waals surface area contributed by atoms with Crippen LogP contribution >= 0.6 is 0 Å². The molecule has 12 nitrogen and oxygen atoms in total. The predicted molar refractivity (Wildman–Crippen MR) is 126 cm³/mol. The van der Waals surface area contributed by atoms with Gasteiger partial charge >= 0.3 is 24.4 Å². The summed E-state index contributed by atoms with van der Waals surface area (Å²) in [5.41, 5.74) is 0.451. The average molecular weight is 514 g/mol. The second-order valence-electron chi connectivity index (χ2n) is 7.75. The van der Waals surface area contributed by atoms with Gasteiger partial charge in [-0.15, -0.1) is 0 Å². The number of rotatable bonds is 14. The SMILES string of the molecule is CCCC(C)OC(=O)OC(C)CN[C@@H](Cc1ccc(OC(=O)OCC)c(OC(=O)OCC)c1)C(=O)O. The Morgan fingerprint density at radius 1 is 0.861 bits per heavy atom. The number of carbonyl (C=O) groups excluding carboxylic acids is 3. The van der Waals surface area contributed by atoms with Crippen LogP contribution in [-0.2, 0) is 30.2 Å². The highest BCUT2D eigenvalue weighted by Gasteiger charge is 2.22. The van der Waals surface area contributed by atoms with Gasteiger partial charge in [0.1, 0.15) is 18.2 Å². The first kappa shape index (κ1) is 30.5. The van der Waals surface area contributed by atoms with E-state index in [2.05, 4.69) is 5.32 Å². The minimum Gasteiger partial charge on any atom is -0.480 e. The first-order chi connectivity index (χ1) is 17.1. The number of aliphatic carboxylic acids is 1. The Bertz CT molecular complexity index is 874. The van der Waals surface area contributed by atoms with Crippen LogP contribution in [-0.4, -0.2) is 67.6 Å². The van der Waals surface area contributed by atoms with Crippen LogP contribution in [0.3, 0.4) is 0 Å². The van der Waals surface area contributed by atoms with Gasteiger partial charge in [-0.2, -0.15) is 0 Å². The van der Waals surface area contributed by atoms with E-state index in [0.717, 1.165) is 6.42 Å². The summed E-state index contributed by atoms with van der Waals surface area (Å²) in [5, 5.41) is 12.5. The highest BCUT2D eigenvalue weighted by molar-refractivity contribution is 5.74. The lowest BCUT2D eigenvalue weighted by atomic mass is 10.0. The van der Waals surface area contributed by atoms with E-state index >= 15 is 0 Å². The Morgan fingerprint density at radius 3 is 2.00 bits per heavy atom. The largest absolute Gasteiger partial charge is 0.513 e. The fraction of sp³-hybridized carbons (Fsp3) is 0.583. The minimum absolute atomic E-state index is 0.0289. The molecule has 1 aromatic carbocycles. The summed E-state index contributed by atoms with van der Waals surface area (Å²) in [6, 6.07) is 3.14. The van der Waals surface area contributed by atoms with Crippen LogP contribution < -0.4 is 14.8 Å². The number of benzene rings is 1. The van der Waals surface area contributed by atoms with Crippen molar-refractivity contribution in [3.63, 3.8) is 0 Å². The Morgan fingerprint density at radius 2 is 1.44 bits per heavy atom. The Balaban J connectivity index is 2.87. The molecule has 12 heteroatoms. The zero-order valence-corrected chi connectivity index (χ0v) is 21.2. The second kappa shape index (κ2) is 16.2. The van der Waals surface area contributed by atoms with E-state index in [4.69, 9.17) is 28.4 Å². The van der Waals surface area contributed by atoms with Gasteiger partial charge in [-0.05, 0) is 58.2 Å². The van der Waals surface area contributed by atoms with Gasteiger partial charge in [-0.1, -0.05) is 19.4 Å². The fourth-order valence-corrected chi connectivity index (χ4v) is 2.97. The van der Waals surface area contributed by atoms with Crippen molar-refractivity contribution in [3.05, 3.63) is 23.8 Å². The molecule has 0 bridgehead atoms. The summed E-state index contributed by atoms with van der Waals surface area (Å²) < 4.78 is 29.9. The van der Waals surface area contributed by atoms with E-state index in [9.17, 15) is 24.3 Å². The monoisotopic (exact) mass is 513 g/mol. The van der Waals surface area contributed by atoms with Gasteiger partial charge in [0.2, 0.25) is 0 Å². The maximum atomic E-state index is 11.8. The smallest absolute Gasteiger partial charge is 0.480 e. The molecule has 0 aliphatic carbocycles. The van der Waals surface area contributed by atoms with E-state index in [-0.39, 0.29) is 43.8 Å². The molecule has 0 heterocycles. The molecule has 36 heavy (non-hydrogen) atoms. The molecule has 1 aromatic rings. The van der Waals surface area contributed by atoms with E-state index < -0.39 is 36.6 Å². The van der Waals surface area contributed by atoms with Gasteiger partial charge in [-0.3, -0.25) is 4.79 Å². The molecular weight excluding hydrogens is 478 g/mol. The van der Waals surface area contributed by atoms with Gasteiger partial charge in [0.15, 0.2) is 11.5 Å². The third-order valence-corrected chi connectivity index (χ3v) is 4.60. The number of hydrogen-bond donors (Lipinski definition) is 2.